The van der Waals surface area contributed by atoms with Crippen molar-refractivity contribution >= 4 is 33.2 Å². The smallest absolute Gasteiger partial charge is 0.261 e. The van der Waals surface area contributed by atoms with Gasteiger partial charge in [0.25, 0.3) is 5.56 Å². The van der Waals surface area contributed by atoms with Crippen LogP contribution in [0.5, 0.6) is 0 Å². The van der Waals surface area contributed by atoms with Crippen LogP contribution in [0.3, 0.4) is 0 Å². The summed E-state index contributed by atoms with van der Waals surface area (Å²) in [6, 6.07) is 11.3. The molecular formula is C24H27N3O3S. The largest absolute Gasteiger partial charge is 0.598 e. The second kappa shape index (κ2) is 7.82. The molecule has 0 amide bonds. The number of hydrogen-bond donors (Lipinski definition) is 1. The van der Waals surface area contributed by atoms with Crippen molar-refractivity contribution < 1.29 is 8.97 Å². The van der Waals surface area contributed by atoms with E-state index in [0.29, 0.717) is 16.7 Å². The molecule has 0 saturated carbocycles. The van der Waals surface area contributed by atoms with E-state index in [0.717, 1.165) is 27.7 Å². The van der Waals surface area contributed by atoms with Crippen LogP contribution >= 0.6 is 0 Å². The Bertz CT molecular complexity index is 1330. The highest BCUT2D eigenvalue weighted by molar-refractivity contribution is 7.90. The number of aromatic nitrogens is 2. The zero-order valence-electron chi connectivity index (χ0n) is 18.6. The Kier molecular flexibility index (Phi) is 5.45. The van der Waals surface area contributed by atoms with Crippen molar-refractivity contribution in [2.24, 2.45) is 7.05 Å². The average molecular weight is 438 g/mol. The van der Waals surface area contributed by atoms with Crippen molar-refractivity contribution in [1.29, 1.82) is 0 Å². The normalized spacial score (nSPS) is 14.3. The molecule has 1 unspecified atom stereocenters. The second-order valence-corrected chi connectivity index (χ2v) is 10.9. The lowest BCUT2D eigenvalue weighted by molar-refractivity contribution is 0.531. The Hall–Kier alpha value is -2.61. The summed E-state index contributed by atoms with van der Waals surface area (Å²) in [5.41, 5.74) is 3.80. The molecule has 162 valence electrons. The first-order chi connectivity index (χ1) is 14.6. The lowest BCUT2D eigenvalue weighted by Crippen LogP contribution is -2.40. The number of aryl methyl sites for hydroxylation is 1. The zero-order chi connectivity index (χ0) is 22.5. The lowest BCUT2D eigenvalue weighted by atomic mass is 10.0. The van der Waals surface area contributed by atoms with E-state index in [1.165, 1.54) is 0 Å². The van der Waals surface area contributed by atoms with Crippen LogP contribution in [0.1, 0.15) is 44.9 Å². The van der Waals surface area contributed by atoms with Crippen LogP contribution in [0, 0.1) is 6.92 Å². The maximum atomic E-state index is 13.3. The van der Waals surface area contributed by atoms with Crippen molar-refractivity contribution in [1.82, 2.24) is 14.3 Å². The maximum absolute atomic E-state index is 13.3. The van der Waals surface area contributed by atoms with E-state index in [-0.39, 0.29) is 11.6 Å². The van der Waals surface area contributed by atoms with Gasteiger partial charge in [0.15, 0.2) is 0 Å². The van der Waals surface area contributed by atoms with Gasteiger partial charge in [0.1, 0.15) is 22.4 Å². The van der Waals surface area contributed by atoms with Gasteiger partial charge in [-0.05, 0) is 52.3 Å². The second-order valence-electron chi connectivity index (χ2n) is 8.92. The van der Waals surface area contributed by atoms with Crippen LogP contribution in [0.15, 0.2) is 51.9 Å². The van der Waals surface area contributed by atoms with E-state index in [9.17, 15) is 9.35 Å². The fourth-order valence-electron chi connectivity index (χ4n) is 3.68. The third-order valence-electron chi connectivity index (χ3n) is 5.38. The van der Waals surface area contributed by atoms with Crippen LogP contribution in [0.2, 0.25) is 0 Å². The average Bonchev–Trinajstić information content (AvgIpc) is 3.13. The number of nitrogens with one attached hydrogen (secondary N) is 1. The predicted octanol–water partition coefficient (Wildman–Crippen LogP) is 4.77. The molecule has 0 aliphatic rings. The van der Waals surface area contributed by atoms with Crippen LogP contribution in [0.25, 0.3) is 33.3 Å². The topological polar surface area (TPSA) is 83.1 Å². The Morgan fingerprint density at radius 2 is 1.90 bits per heavy atom. The molecule has 0 fully saturated rings. The summed E-state index contributed by atoms with van der Waals surface area (Å²) in [4.78, 5) is 18.2. The molecule has 6 nitrogen and oxygen atoms in total. The minimum absolute atomic E-state index is 0.126. The third kappa shape index (κ3) is 3.89. The van der Waals surface area contributed by atoms with Gasteiger partial charge < -0.3 is 8.97 Å². The van der Waals surface area contributed by atoms with Gasteiger partial charge >= 0.3 is 0 Å². The zero-order valence-corrected chi connectivity index (χ0v) is 19.5. The molecule has 2 atom stereocenters. The number of furan rings is 1. The molecule has 0 aliphatic carbocycles. The molecule has 1 N–H and O–H groups in total. The molecule has 0 spiro atoms. The van der Waals surface area contributed by atoms with Crippen LogP contribution < -0.4 is 10.3 Å². The van der Waals surface area contributed by atoms with Crippen LogP contribution in [0.4, 0.5) is 0 Å². The van der Waals surface area contributed by atoms with Crippen molar-refractivity contribution in [3.63, 3.8) is 0 Å². The number of fused-ring (bicyclic) bond motifs is 2. The van der Waals surface area contributed by atoms with Gasteiger partial charge in [-0.15, -0.1) is 4.72 Å². The van der Waals surface area contributed by atoms with Crippen molar-refractivity contribution in [2.75, 3.05) is 0 Å². The van der Waals surface area contributed by atoms with Crippen LogP contribution in [-0.2, 0) is 18.4 Å². The summed E-state index contributed by atoms with van der Waals surface area (Å²) < 4.78 is 22.7. The Labute approximate surface area is 184 Å². The number of para-hydroxylation sites is 1. The van der Waals surface area contributed by atoms with Gasteiger partial charge in [-0.3, -0.25) is 9.36 Å². The SMILES string of the molecule is Cc1cc(C(C)N[S@+]([O-])C(C)(C)C)c2nc(-c3coc4ccccc34)n(C)c(=O)c2c1. The molecule has 2 aromatic carbocycles. The number of nitrogens with zero attached hydrogens (tertiary/aromatic N) is 2. The number of rotatable bonds is 4. The molecule has 2 heterocycles. The van der Waals surface area contributed by atoms with E-state index in [1.807, 2.05) is 71.0 Å². The van der Waals surface area contributed by atoms with Crippen LogP contribution in [-0.4, -0.2) is 18.9 Å². The van der Waals surface area contributed by atoms with Crippen molar-refractivity contribution in [3.8, 4) is 11.4 Å². The van der Waals surface area contributed by atoms with Gasteiger partial charge in [0.2, 0.25) is 0 Å². The monoisotopic (exact) mass is 437 g/mol. The summed E-state index contributed by atoms with van der Waals surface area (Å²) in [5.74, 6) is 0.539. The summed E-state index contributed by atoms with van der Waals surface area (Å²) in [6.07, 6.45) is 1.64. The first-order valence-electron chi connectivity index (χ1n) is 10.2. The first kappa shape index (κ1) is 21.6. The highest BCUT2D eigenvalue weighted by atomic mass is 32.2. The Morgan fingerprint density at radius 3 is 2.61 bits per heavy atom. The van der Waals surface area contributed by atoms with E-state index in [4.69, 9.17) is 9.40 Å². The molecule has 31 heavy (non-hydrogen) atoms. The molecule has 0 aliphatic heterocycles. The Balaban J connectivity index is 1.94. The first-order valence-corrected chi connectivity index (χ1v) is 11.4. The van der Waals surface area contributed by atoms with Crippen molar-refractivity contribution in [2.45, 2.75) is 45.4 Å². The van der Waals surface area contributed by atoms with Gasteiger partial charge in [-0.1, -0.05) is 24.3 Å². The molecule has 0 radical (unpaired) electrons. The maximum Gasteiger partial charge on any atom is 0.261 e. The standard InChI is InChI=1S/C24H27N3O3S/c1-14-11-17(15(2)26-31(29)24(3,4)5)21-18(12-14)23(28)27(6)22(25-21)19-13-30-20-10-8-7-9-16(19)20/h7-13,15,26H,1-6H3/t15?,31-/m1/s1. The lowest BCUT2D eigenvalue weighted by Gasteiger charge is -2.27. The summed E-state index contributed by atoms with van der Waals surface area (Å²) in [5, 5.41) is 1.45. The van der Waals surface area contributed by atoms with Gasteiger partial charge in [-0.25, -0.2) is 4.98 Å². The minimum Gasteiger partial charge on any atom is -0.598 e. The molecule has 7 heteroatoms. The molecule has 0 bridgehead atoms. The highest BCUT2D eigenvalue weighted by Gasteiger charge is 2.29. The highest BCUT2D eigenvalue weighted by Crippen LogP contribution is 2.31. The molecule has 0 saturated heterocycles. The summed E-state index contributed by atoms with van der Waals surface area (Å²) in [7, 11) is 1.73. The number of benzene rings is 2. The van der Waals surface area contributed by atoms with Crippen molar-refractivity contribution in [3.05, 3.63) is 64.1 Å². The predicted molar refractivity (Wildman–Crippen MR) is 126 cm³/mol. The quantitative estimate of drug-likeness (QED) is 0.465. The van der Waals surface area contributed by atoms with Gasteiger partial charge in [0.05, 0.1) is 22.5 Å². The van der Waals surface area contributed by atoms with Gasteiger partial charge in [0, 0.05) is 29.4 Å². The Morgan fingerprint density at radius 1 is 1.19 bits per heavy atom. The molecular weight excluding hydrogens is 410 g/mol. The van der Waals surface area contributed by atoms with Gasteiger partial charge in [-0.2, -0.15) is 0 Å². The van der Waals surface area contributed by atoms with E-state index in [2.05, 4.69) is 4.72 Å². The summed E-state index contributed by atoms with van der Waals surface area (Å²) in [6.45, 7) is 9.67. The molecule has 2 aromatic heterocycles. The third-order valence-corrected chi connectivity index (χ3v) is 7.06. The number of hydrogen-bond acceptors (Lipinski definition) is 5. The molecule has 4 rings (SSSR count). The summed E-state index contributed by atoms with van der Waals surface area (Å²) >= 11 is -1.26. The minimum atomic E-state index is -1.26. The van der Waals surface area contributed by atoms with E-state index in [1.54, 1.807) is 17.9 Å². The van der Waals surface area contributed by atoms with E-state index >= 15 is 0 Å². The molecule has 4 aromatic rings. The fraction of sp³-hybridized carbons (Fsp3) is 0.333. The fourth-order valence-corrected chi connectivity index (χ4v) is 4.48. The van der Waals surface area contributed by atoms with E-state index < -0.39 is 16.1 Å².